The van der Waals surface area contributed by atoms with Gasteiger partial charge in [0.05, 0.1) is 49.3 Å². The second-order valence-corrected chi connectivity index (χ2v) is 10.9. The predicted octanol–water partition coefficient (Wildman–Crippen LogP) is 3.99. The lowest BCUT2D eigenvalue weighted by atomic mass is 9.96. The molecule has 0 radical (unpaired) electrons. The molecular formula is C31H24ClN3O5S. The van der Waals surface area contributed by atoms with E-state index in [0.717, 1.165) is 16.9 Å². The number of hydrogen-bond donors (Lipinski definition) is 0. The number of nitrogens with zero attached hydrogens (tertiary/aromatic N) is 3. The summed E-state index contributed by atoms with van der Waals surface area (Å²) in [5.41, 5.74) is 3.38. The number of hydrogen-bond acceptors (Lipinski definition) is 7. The van der Waals surface area contributed by atoms with Gasteiger partial charge in [0, 0.05) is 10.6 Å². The van der Waals surface area contributed by atoms with Crippen LogP contribution in [0.1, 0.15) is 29.7 Å². The molecule has 0 unspecified atom stereocenters. The minimum Gasteiger partial charge on any atom is -0.497 e. The molecule has 8 nitrogen and oxygen atoms in total. The van der Waals surface area contributed by atoms with Gasteiger partial charge in [0.2, 0.25) is 0 Å². The van der Waals surface area contributed by atoms with Crippen molar-refractivity contribution in [2.75, 3.05) is 19.1 Å². The fraction of sp³-hybridized carbons (Fsp3) is 0.161. The molecule has 4 aromatic rings. The average Bonchev–Trinajstić information content (AvgIpc) is 3.45. The van der Waals surface area contributed by atoms with Gasteiger partial charge in [-0.05, 0) is 42.3 Å². The molecule has 0 N–H and O–H groups in total. The number of methoxy groups -OCH3 is 2. The summed E-state index contributed by atoms with van der Waals surface area (Å²) in [7, 11) is 2.86. The normalized spacial score (nSPS) is 17.2. The number of amides is 1. The molecule has 3 aromatic carbocycles. The first-order valence-corrected chi connectivity index (χ1v) is 14.0. The number of allylic oxidation sites excluding steroid dienone is 1. The third-order valence-corrected chi connectivity index (χ3v) is 8.69. The lowest BCUT2D eigenvalue weighted by Crippen LogP contribution is -2.40. The summed E-state index contributed by atoms with van der Waals surface area (Å²) in [6.45, 7) is 1.96. The number of benzene rings is 3. The van der Waals surface area contributed by atoms with Crippen LogP contribution in [0, 0.1) is 0 Å². The molecular weight excluding hydrogens is 562 g/mol. The zero-order valence-corrected chi connectivity index (χ0v) is 24.0. The maximum Gasteiger partial charge on any atom is 0.338 e. The van der Waals surface area contributed by atoms with Gasteiger partial charge in [-0.1, -0.05) is 71.5 Å². The Morgan fingerprint density at radius 1 is 1.00 bits per heavy atom. The van der Waals surface area contributed by atoms with Crippen molar-refractivity contribution in [1.82, 2.24) is 4.57 Å². The van der Waals surface area contributed by atoms with E-state index in [2.05, 4.69) is 4.99 Å². The molecule has 206 valence electrons. The molecule has 10 heteroatoms. The lowest BCUT2D eigenvalue weighted by molar-refractivity contribution is -0.136. The Hall–Kier alpha value is -4.47. The van der Waals surface area contributed by atoms with Gasteiger partial charge in [-0.25, -0.2) is 9.79 Å². The first kappa shape index (κ1) is 26.7. The molecule has 0 saturated carbocycles. The molecule has 41 heavy (non-hydrogen) atoms. The van der Waals surface area contributed by atoms with Crippen LogP contribution in [0.15, 0.2) is 93.9 Å². The van der Waals surface area contributed by atoms with Crippen molar-refractivity contribution < 1.29 is 19.1 Å². The number of rotatable bonds is 5. The summed E-state index contributed by atoms with van der Waals surface area (Å²) in [6, 6.07) is 21.1. The Labute approximate surface area is 244 Å². The highest BCUT2D eigenvalue weighted by atomic mass is 35.5. The molecule has 0 spiro atoms. The maximum atomic E-state index is 14.2. The van der Waals surface area contributed by atoms with Crippen LogP contribution in [0.25, 0.3) is 5.57 Å². The fourth-order valence-corrected chi connectivity index (χ4v) is 6.63. The van der Waals surface area contributed by atoms with Crippen LogP contribution in [0.2, 0.25) is 5.02 Å². The molecule has 0 fully saturated rings. The van der Waals surface area contributed by atoms with E-state index in [-0.39, 0.29) is 22.6 Å². The summed E-state index contributed by atoms with van der Waals surface area (Å²) < 4.78 is 12.1. The number of halogens is 1. The van der Waals surface area contributed by atoms with Crippen LogP contribution in [-0.4, -0.2) is 30.7 Å². The Morgan fingerprint density at radius 3 is 2.41 bits per heavy atom. The molecule has 0 aliphatic carbocycles. The first-order chi connectivity index (χ1) is 19.8. The monoisotopic (exact) mass is 585 g/mol. The highest BCUT2D eigenvalue weighted by molar-refractivity contribution is 7.07. The number of esters is 1. The van der Waals surface area contributed by atoms with E-state index in [1.807, 2.05) is 42.5 Å². The predicted molar refractivity (Wildman–Crippen MR) is 157 cm³/mol. The molecule has 0 bridgehead atoms. The Bertz CT molecular complexity index is 1940. The quantitative estimate of drug-likeness (QED) is 0.331. The molecule has 1 atom stereocenters. The number of carbonyl (C=O) groups is 2. The van der Waals surface area contributed by atoms with E-state index >= 15 is 0 Å². The number of aromatic nitrogens is 1. The van der Waals surface area contributed by atoms with Crippen LogP contribution in [-0.2, 0) is 20.9 Å². The number of carbonyl (C=O) groups excluding carboxylic acids is 2. The van der Waals surface area contributed by atoms with Crippen molar-refractivity contribution >= 4 is 46.1 Å². The van der Waals surface area contributed by atoms with Gasteiger partial charge in [-0.3, -0.25) is 14.2 Å². The van der Waals surface area contributed by atoms with Crippen molar-refractivity contribution in [3.8, 4) is 5.75 Å². The molecule has 2 aliphatic heterocycles. The Balaban J connectivity index is 1.58. The van der Waals surface area contributed by atoms with Crippen LogP contribution in [0.3, 0.4) is 0 Å². The largest absolute Gasteiger partial charge is 0.497 e. The van der Waals surface area contributed by atoms with Gasteiger partial charge in [-0.2, -0.15) is 0 Å². The smallest absolute Gasteiger partial charge is 0.338 e. The number of para-hydroxylation sites is 1. The average molecular weight is 586 g/mol. The third-order valence-electron chi connectivity index (χ3n) is 7.27. The van der Waals surface area contributed by atoms with Gasteiger partial charge < -0.3 is 14.4 Å². The van der Waals surface area contributed by atoms with E-state index in [1.54, 1.807) is 49.3 Å². The molecule has 1 aromatic heterocycles. The second kappa shape index (κ2) is 10.5. The molecule has 3 heterocycles. The van der Waals surface area contributed by atoms with E-state index in [9.17, 15) is 14.4 Å². The fourth-order valence-electron chi connectivity index (χ4n) is 5.30. The minimum absolute atomic E-state index is 0.247. The summed E-state index contributed by atoms with van der Waals surface area (Å²) >= 11 is 7.56. The summed E-state index contributed by atoms with van der Waals surface area (Å²) in [5.74, 6) is -0.255. The second-order valence-electron chi connectivity index (χ2n) is 9.54. The van der Waals surface area contributed by atoms with Crippen molar-refractivity contribution in [3.63, 3.8) is 0 Å². The summed E-state index contributed by atoms with van der Waals surface area (Å²) in [4.78, 5) is 47.9. The number of ether oxygens (including phenoxy) is 2. The molecule has 1 amide bonds. The first-order valence-electron chi connectivity index (χ1n) is 12.8. The summed E-state index contributed by atoms with van der Waals surface area (Å²) in [5, 5.41) is 0.552. The molecule has 2 aliphatic rings. The number of anilines is 1. The topological polar surface area (TPSA) is 90.2 Å². The Morgan fingerprint density at radius 2 is 1.71 bits per heavy atom. The van der Waals surface area contributed by atoms with Crippen LogP contribution in [0.4, 0.5) is 5.69 Å². The number of fused-ring (bicyclic) bond motifs is 2. The maximum absolute atomic E-state index is 14.2. The SMILES string of the molecule is COC(=O)C1=C(C)N=c2s/c(=C3\C(=O)N(Cc4ccccc4Cl)c4ccccc43)c(=O)n2[C@H]1c1ccc(OC)cc1. The van der Waals surface area contributed by atoms with E-state index < -0.39 is 17.6 Å². The molecule has 0 saturated heterocycles. The highest BCUT2D eigenvalue weighted by Crippen LogP contribution is 2.37. The van der Waals surface area contributed by atoms with Gasteiger partial charge in [-0.15, -0.1) is 0 Å². The highest BCUT2D eigenvalue weighted by Gasteiger charge is 2.37. The number of thiazole rings is 1. The zero-order valence-electron chi connectivity index (χ0n) is 22.4. The van der Waals surface area contributed by atoms with Crippen molar-refractivity contribution in [3.05, 3.63) is 125 Å². The van der Waals surface area contributed by atoms with Crippen molar-refractivity contribution in [1.29, 1.82) is 0 Å². The molecule has 6 rings (SSSR count). The Kier molecular flexibility index (Phi) is 6.84. The zero-order chi connectivity index (χ0) is 28.8. The van der Waals surface area contributed by atoms with Gasteiger partial charge in [0.1, 0.15) is 10.3 Å². The van der Waals surface area contributed by atoms with Gasteiger partial charge >= 0.3 is 5.97 Å². The van der Waals surface area contributed by atoms with Gasteiger partial charge in [0.15, 0.2) is 4.80 Å². The summed E-state index contributed by atoms with van der Waals surface area (Å²) in [6.07, 6.45) is 0. The minimum atomic E-state index is -0.801. The van der Waals surface area contributed by atoms with Crippen LogP contribution >= 0.6 is 22.9 Å². The van der Waals surface area contributed by atoms with E-state index in [0.29, 0.717) is 43.7 Å². The van der Waals surface area contributed by atoms with Crippen LogP contribution < -0.4 is 24.5 Å². The van der Waals surface area contributed by atoms with Crippen molar-refractivity contribution in [2.45, 2.75) is 19.5 Å². The van der Waals surface area contributed by atoms with E-state index in [1.165, 1.54) is 11.7 Å². The van der Waals surface area contributed by atoms with Crippen LogP contribution in [0.5, 0.6) is 5.75 Å². The lowest BCUT2D eigenvalue weighted by Gasteiger charge is -2.24. The standard InChI is InChI=1S/C31H24ClN3O5S/c1-17-24(30(38)40-3)26(18-12-14-20(39-2)15-13-18)35-29(37)27(41-31(35)33-17)25-21-9-5-7-11-23(21)34(28(25)36)16-19-8-4-6-10-22(19)32/h4-15,26H,16H2,1-3H3/b27-25-/t26-/m0/s1. The van der Waals surface area contributed by atoms with Gasteiger partial charge in [0.25, 0.3) is 11.5 Å². The van der Waals surface area contributed by atoms with E-state index in [4.69, 9.17) is 21.1 Å². The van der Waals surface area contributed by atoms with Crippen molar-refractivity contribution in [2.24, 2.45) is 4.99 Å². The third kappa shape index (κ3) is 4.38.